The number of benzene rings is 2. The van der Waals surface area contributed by atoms with Crippen molar-refractivity contribution in [3.63, 3.8) is 0 Å². The van der Waals surface area contributed by atoms with Crippen LogP contribution in [0.5, 0.6) is 0 Å². The highest BCUT2D eigenvalue weighted by molar-refractivity contribution is 5.83. The molecule has 0 unspecified atom stereocenters. The lowest BCUT2D eigenvalue weighted by atomic mass is 10.0. The van der Waals surface area contributed by atoms with E-state index >= 15 is 0 Å². The quantitative estimate of drug-likeness (QED) is 0.780. The molecule has 3 aromatic rings. The minimum Gasteiger partial charge on any atom is -0.316 e. The lowest BCUT2D eigenvalue weighted by Crippen LogP contribution is -2.06. The molecule has 2 aromatic carbocycles. The second-order valence-electron chi connectivity index (χ2n) is 4.75. The summed E-state index contributed by atoms with van der Waals surface area (Å²) in [7, 11) is 1.81. The zero-order valence-electron chi connectivity index (χ0n) is 11.2. The van der Waals surface area contributed by atoms with Crippen molar-refractivity contribution in [2.24, 2.45) is 0 Å². The molecule has 0 aliphatic rings. The van der Waals surface area contributed by atoms with Crippen LogP contribution in [-0.4, -0.2) is 12.0 Å². The molecule has 0 amide bonds. The standard InChI is InChI=1S/C17H15FN2/c1-19-10-14-7-6-12(9-16(14)18)15-8-13-4-2-3-5-17(13)20-11-15/h2-9,11,19H,10H2,1H3. The molecule has 3 rings (SSSR count). The largest absolute Gasteiger partial charge is 0.316 e. The van der Waals surface area contributed by atoms with Crippen LogP contribution in [0, 0.1) is 5.82 Å². The van der Waals surface area contributed by atoms with Gasteiger partial charge in [-0.2, -0.15) is 0 Å². The fourth-order valence-corrected chi connectivity index (χ4v) is 2.29. The van der Waals surface area contributed by atoms with Crippen LogP contribution in [0.1, 0.15) is 5.56 Å². The van der Waals surface area contributed by atoms with Crippen molar-refractivity contribution >= 4 is 10.9 Å². The van der Waals surface area contributed by atoms with Gasteiger partial charge >= 0.3 is 0 Å². The number of aromatic nitrogens is 1. The Kier molecular flexibility index (Phi) is 3.44. The highest BCUT2D eigenvalue weighted by Gasteiger charge is 2.05. The summed E-state index contributed by atoms with van der Waals surface area (Å²) >= 11 is 0. The highest BCUT2D eigenvalue weighted by Crippen LogP contribution is 2.24. The van der Waals surface area contributed by atoms with Crippen LogP contribution in [0.15, 0.2) is 54.7 Å². The first-order valence-corrected chi connectivity index (χ1v) is 6.56. The van der Waals surface area contributed by atoms with Gasteiger partial charge in [-0.15, -0.1) is 0 Å². The monoisotopic (exact) mass is 266 g/mol. The molecule has 0 bridgehead atoms. The van der Waals surface area contributed by atoms with E-state index in [4.69, 9.17) is 0 Å². The topological polar surface area (TPSA) is 24.9 Å². The van der Waals surface area contributed by atoms with Gasteiger partial charge in [-0.3, -0.25) is 4.98 Å². The van der Waals surface area contributed by atoms with Crippen LogP contribution in [0.2, 0.25) is 0 Å². The summed E-state index contributed by atoms with van der Waals surface area (Å²) in [5.41, 5.74) is 3.40. The van der Waals surface area contributed by atoms with Gasteiger partial charge in [-0.05, 0) is 30.8 Å². The third-order valence-electron chi connectivity index (χ3n) is 3.34. The summed E-state index contributed by atoms with van der Waals surface area (Å²) in [6.07, 6.45) is 1.79. The van der Waals surface area contributed by atoms with Gasteiger partial charge in [0.25, 0.3) is 0 Å². The first-order chi connectivity index (χ1) is 9.78. The first-order valence-electron chi connectivity index (χ1n) is 6.56. The van der Waals surface area contributed by atoms with Crippen LogP contribution in [0.25, 0.3) is 22.0 Å². The number of fused-ring (bicyclic) bond motifs is 1. The van der Waals surface area contributed by atoms with Crippen molar-refractivity contribution in [1.29, 1.82) is 0 Å². The summed E-state index contributed by atoms with van der Waals surface area (Å²) < 4.78 is 14.0. The van der Waals surface area contributed by atoms with Crippen molar-refractivity contribution in [3.05, 3.63) is 66.1 Å². The second kappa shape index (κ2) is 5.39. The summed E-state index contributed by atoms with van der Waals surface area (Å²) in [6.45, 7) is 0.530. The van der Waals surface area contributed by atoms with E-state index in [1.807, 2.05) is 42.5 Å². The molecule has 0 saturated heterocycles. The molecule has 1 aromatic heterocycles. The minimum atomic E-state index is -0.190. The number of pyridine rings is 1. The first kappa shape index (κ1) is 12.8. The number of rotatable bonds is 3. The number of halogens is 1. The van der Waals surface area contributed by atoms with Crippen LogP contribution in [-0.2, 0) is 6.54 Å². The van der Waals surface area contributed by atoms with Crippen LogP contribution >= 0.6 is 0 Å². The molecule has 0 aliphatic carbocycles. The van der Waals surface area contributed by atoms with E-state index in [0.29, 0.717) is 12.1 Å². The number of hydrogen-bond acceptors (Lipinski definition) is 2. The van der Waals surface area contributed by atoms with E-state index in [0.717, 1.165) is 22.0 Å². The predicted octanol–water partition coefficient (Wildman–Crippen LogP) is 3.76. The van der Waals surface area contributed by atoms with Crippen LogP contribution < -0.4 is 5.32 Å². The lowest BCUT2D eigenvalue weighted by molar-refractivity contribution is 0.601. The predicted molar refractivity (Wildman–Crippen MR) is 79.9 cm³/mol. The van der Waals surface area contributed by atoms with E-state index in [1.165, 1.54) is 0 Å². The molecule has 2 nitrogen and oxygen atoms in total. The normalized spacial score (nSPS) is 10.9. The molecule has 1 heterocycles. The molecule has 1 N–H and O–H groups in total. The summed E-state index contributed by atoms with van der Waals surface area (Å²) in [6, 6.07) is 15.3. The van der Waals surface area contributed by atoms with Gasteiger partial charge in [-0.1, -0.05) is 30.3 Å². The van der Waals surface area contributed by atoms with E-state index in [2.05, 4.69) is 10.3 Å². The number of hydrogen-bond donors (Lipinski definition) is 1. The Morgan fingerprint density at radius 3 is 2.70 bits per heavy atom. The average molecular weight is 266 g/mol. The van der Waals surface area contributed by atoms with Crippen molar-refractivity contribution in [3.8, 4) is 11.1 Å². The molecule has 0 radical (unpaired) electrons. The van der Waals surface area contributed by atoms with Crippen molar-refractivity contribution in [2.75, 3.05) is 7.05 Å². The SMILES string of the molecule is CNCc1ccc(-c2cnc3ccccc3c2)cc1F. The Morgan fingerprint density at radius 1 is 1.05 bits per heavy atom. The minimum absolute atomic E-state index is 0.190. The van der Waals surface area contributed by atoms with Gasteiger partial charge in [0.1, 0.15) is 5.82 Å². The van der Waals surface area contributed by atoms with Crippen LogP contribution in [0.3, 0.4) is 0 Å². The summed E-state index contributed by atoms with van der Waals surface area (Å²) in [5.74, 6) is -0.190. The lowest BCUT2D eigenvalue weighted by Gasteiger charge is -2.07. The Morgan fingerprint density at radius 2 is 1.90 bits per heavy atom. The molecular weight excluding hydrogens is 251 g/mol. The molecule has 0 aliphatic heterocycles. The zero-order valence-corrected chi connectivity index (χ0v) is 11.2. The summed E-state index contributed by atoms with van der Waals surface area (Å²) in [4.78, 5) is 4.41. The Balaban J connectivity index is 2.04. The van der Waals surface area contributed by atoms with Crippen LogP contribution in [0.4, 0.5) is 4.39 Å². The molecule has 0 spiro atoms. The average Bonchev–Trinajstić information content (AvgIpc) is 2.49. The van der Waals surface area contributed by atoms with Gasteiger partial charge in [0, 0.05) is 29.3 Å². The zero-order chi connectivity index (χ0) is 13.9. The molecular formula is C17H15FN2. The van der Waals surface area contributed by atoms with Gasteiger partial charge in [-0.25, -0.2) is 4.39 Å². The molecule has 3 heteroatoms. The summed E-state index contributed by atoms with van der Waals surface area (Å²) in [5, 5.41) is 4.02. The Labute approximate surface area is 117 Å². The number of para-hydroxylation sites is 1. The number of nitrogens with zero attached hydrogens (tertiary/aromatic N) is 1. The maximum atomic E-state index is 14.0. The second-order valence-corrected chi connectivity index (χ2v) is 4.75. The number of nitrogens with one attached hydrogen (secondary N) is 1. The maximum absolute atomic E-state index is 14.0. The Hall–Kier alpha value is -2.26. The van der Waals surface area contributed by atoms with E-state index in [-0.39, 0.29) is 5.82 Å². The molecule has 100 valence electrons. The smallest absolute Gasteiger partial charge is 0.128 e. The Bertz CT molecular complexity index is 753. The molecule has 0 atom stereocenters. The highest BCUT2D eigenvalue weighted by atomic mass is 19.1. The maximum Gasteiger partial charge on any atom is 0.128 e. The fraction of sp³-hybridized carbons (Fsp3) is 0.118. The molecule has 0 saturated carbocycles. The van der Waals surface area contributed by atoms with Gasteiger partial charge in [0.2, 0.25) is 0 Å². The van der Waals surface area contributed by atoms with Crippen molar-refractivity contribution < 1.29 is 4.39 Å². The third-order valence-corrected chi connectivity index (χ3v) is 3.34. The molecule has 0 fully saturated rings. The van der Waals surface area contributed by atoms with E-state index in [1.54, 1.807) is 19.3 Å². The van der Waals surface area contributed by atoms with Crippen molar-refractivity contribution in [2.45, 2.75) is 6.54 Å². The van der Waals surface area contributed by atoms with Gasteiger partial charge in [0.15, 0.2) is 0 Å². The molecule has 20 heavy (non-hydrogen) atoms. The third kappa shape index (κ3) is 2.40. The fourth-order valence-electron chi connectivity index (χ4n) is 2.29. The van der Waals surface area contributed by atoms with Crippen molar-refractivity contribution in [1.82, 2.24) is 10.3 Å². The van der Waals surface area contributed by atoms with E-state index in [9.17, 15) is 4.39 Å². The van der Waals surface area contributed by atoms with Gasteiger partial charge < -0.3 is 5.32 Å². The van der Waals surface area contributed by atoms with Gasteiger partial charge in [0.05, 0.1) is 5.52 Å². The van der Waals surface area contributed by atoms with E-state index < -0.39 is 0 Å².